The van der Waals surface area contributed by atoms with Crippen molar-refractivity contribution in [3.8, 4) is 11.5 Å². The Labute approximate surface area is 161 Å². The number of hydrogen-bond acceptors (Lipinski definition) is 6. The summed E-state index contributed by atoms with van der Waals surface area (Å²) in [6.07, 6.45) is 0.355. The number of carbonyl (C=O) groups is 2. The number of amides is 1. The maximum atomic E-state index is 12.4. The number of benzene rings is 2. The largest absolute Gasteiger partial charge is 0.496 e. The zero-order valence-corrected chi connectivity index (χ0v) is 15.4. The lowest BCUT2D eigenvalue weighted by atomic mass is 10.1. The summed E-state index contributed by atoms with van der Waals surface area (Å²) in [6.45, 7) is 2.31. The average Bonchev–Trinajstić information content (AvgIpc) is 2.67. The van der Waals surface area contributed by atoms with E-state index in [4.69, 9.17) is 14.6 Å². The zero-order valence-electron chi connectivity index (χ0n) is 15.4. The number of aromatic carboxylic acids is 1. The number of nitro benzene ring substituents is 1. The third kappa shape index (κ3) is 4.97. The van der Waals surface area contributed by atoms with Gasteiger partial charge in [-0.1, -0.05) is 6.07 Å². The van der Waals surface area contributed by atoms with E-state index in [9.17, 15) is 19.7 Å². The Hall–Kier alpha value is -3.62. The number of rotatable bonds is 9. The van der Waals surface area contributed by atoms with E-state index in [2.05, 4.69) is 5.32 Å². The number of carboxylic acid groups (broad SMARTS) is 1. The first kappa shape index (κ1) is 20.7. The molecule has 0 fully saturated rings. The van der Waals surface area contributed by atoms with E-state index in [0.717, 1.165) is 0 Å². The Morgan fingerprint density at radius 2 is 1.96 bits per heavy atom. The number of carboxylic acids is 1. The van der Waals surface area contributed by atoms with Crippen molar-refractivity contribution in [2.45, 2.75) is 13.3 Å². The number of carbonyl (C=O) groups excluding carboxylic acids is 1. The Kier molecular flexibility index (Phi) is 6.91. The molecule has 2 rings (SSSR count). The van der Waals surface area contributed by atoms with Gasteiger partial charge in [0.05, 0.1) is 24.2 Å². The second-order valence-corrected chi connectivity index (χ2v) is 5.71. The van der Waals surface area contributed by atoms with Crippen molar-refractivity contribution >= 4 is 17.6 Å². The van der Waals surface area contributed by atoms with Crippen LogP contribution in [0.2, 0.25) is 0 Å². The average molecular weight is 388 g/mol. The first-order valence-corrected chi connectivity index (χ1v) is 8.47. The van der Waals surface area contributed by atoms with E-state index in [-0.39, 0.29) is 23.4 Å². The summed E-state index contributed by atoms with van der Waals surface area (Å²) in [5, 5.41) is 22.8. The topological polar surface area (TPSA) is 128 Å². The minimum absolute atomic E-state index is 0.0907. The lowest BCUT2D eigenvalue weighted by Crippen LogP contribution is -2.26. The lowest BCUT2D eigenvalue weighted by Gasteiger charge is -2.11. The number of hydrogen-bond donors (Lipinski definition) is 2. The molecule has 0 aliphatic rings. The van der Waals surface area contributed by atoms with Gasteiger partial charge in [-0.15, -0.1) is 0 Å². The molecule has 2 aromatic rings. The Bertz CT molecular complexity index is 896. The van der Waals surface area contributed by atoms with Gasteiger partial charge in [-0.25, -0.2) is 4.79 Å². The van der Waals surface area contributed by atoms with Crippen molar-refractivity contribution in [3.05, 3.63) is 63.2 Å². The van der Waals surface area contributed by atoms with Crippen LogP contribution in [0.1, 0.15) is 33.2 Å². The maximum Gasteiger partial charge on any atom is 0.335 e. The van der Waals surface area contributed by atoms with Gasteiger partial charge in [0, 0.05) is 12.6 Å². The highest BCUT2D eigenvalue weighted by Gasteiger charge is 2.21. The van der Waals surface area contributed by atoms with Crippen LogP contribution in [-0.4, -0.2) is 42.2 Å². The summed E-state index contributed by atoms with van der Waals surface area (Å²) < 4.78 is 10.5. The van der Waals surface area contributed by atoms with Gasteiger partial charge >= 0.3 is 5.97 Å². The third-order valence-electron chi connectivity index (χ3n) is 3.93. The predicted octanol–water partition coefficient (Wildman–Crippen LogP) is 2.67. The molecule has 2 N–H and O–H groups in total. The van der Waals surface area contributed by atoms with Gasteiger partial charge in [0.2, 0.25) is 0 Å². The number of methoxy groups -OCH3 is 1. The molecule has 9 heteroatoms. The maximum absolute atomic E-state index is 12.4. The van der Waals surface area contributed by atoms with E-state index < -0.39 is 16.8 Å². The minimum Gasteiger partial charge on any atom is -0.496 e. The van der Waals surface area contributed by atoms with Crippen molar-refractivity contribution in [3.63, 3.8) is 0 Å². The van der Waals surface area contributed by atoms with Crippen LogP contribution in [-0.2, 0) is 6.42 Å². The molecule has 0 aliphatic carbocycles. The third-order valence-corrected chi connectivity index (χ3v) is 3.93. The molecule has 2 aromatic carbocycles. The second-order valence-electron chi connectivity index (χ2n) is 5.71. The van der Waals surface area contributed by atoms with E-state index in [1.165, 1.54) is 37.4 Å². The van der Waals surface area contributed by atoms with Gasteiger partial charge < -0.3 is 19.9 Å². The molecule has 0 heterocycles. The Morgan fingerprint density at radius 1 is 1.21 bits per heavy atom. The van der Waals surface area contributed by atoms with Gasteiger partial charge in [0.1, 0.15) is 17.1 Å². The molecular formula is C19H20N2O7. The molecule has 0 saturated carbocycles. The Balaban J connectivity index is 2.11. The predicted molar refractivity (Wildman–Crippen MR) is 100 cm³/mol. The fourth-order valence-corrected chi connectivity index (χ4v) is 2.60. The van der Waals surface area contributed by atoms with Crippen molar-refractivity contribution in [2.75, 3.05) is 20.3 Å². The number of nitrogens with zero attached hydrogens (tertiary/aromatic N) is 1. The van der Waals surface area contributed by atoms with E-state index in [1.807, 2.05) is 0 Å². The quantitative estimate of drug-likeness (QED) is 0.499. The van der Waals surface area contributed by atoms with Crippen LogP contribution < -0.4 is 14.8 Å². The fourth-order valence-electron chi connectivity index (χ4n) is 2.60. The summed E-state index contributed by atoms with van der Waals surface area (Å²) in [5.41, 5.74) is 0.381. The molecule has 148 valence electrons. The van der Waals surface area contributed by atoms with Gasteiger partial charge in [-0.2, -0.15) is 0 Å². The molecule has 0 aliphatic heterocycles. The van der Waals surface area contributed by atoms with Crippen molar-refractivity contribution < 1.29 is 29.1 Å². The molecule has 28 heavy (non-hydrogen) atoms. The monoisotopic (exact) mass is 388 g/mol. The van der Waals surface area contributed by atoms with Crippen LogP contribution in [0, 0.1) is 10.1 Å². The molecule has 1 amide bonds. The zero-order chi connectivity index (χ0) is 20.7. The van der Waals surface area contributed by atoms with E-state index in [1.54, 1.807) is 13.0 Å². The molecule has 0 saturated heterocycles. The van der Waals surface area contributed by atoms with Gasteiger partial charge in [0.15, 0.2) is 0 Å². The van der Waals surface area contributed by atoms with Gasteiger partial charge in [-0.3, -0.25) is 14.9 Å². The van der Waals surface area contributed by atoms with Gasteiger partial charge in [0.25, 0.3) is 11.6 Å². The summed E-state index contributed by atoms with van der Waals surface area (Å²) in [4.78, 5) is 34.0. The number of nitrogens with one attached hydrogen (secondary N) is 1. The van der Waals surface area contributed by atoms with E-state index >= 15 is 0 Å². The first-order valence-electron chi connectivity index (χ1n) is 8.47. The SMILES string of the molecule is CCOc1ccc([N+](=O)[O-])c(C(=O)NCCc2ccc(C(=O)O)cc2OC)c1. The molecular weight excluding hydrogens is 368 g/mol. The fraction of sp³-hybridized carbons (Fsp3) is 0.263. The van der Waals surface area contributed by atoms with Crippen LogP contribution in [0.4, 0.5) is 5.69 Å². The van der Waals surface area contributed by atoms with Crippen LogP contribution >= 0.6 is 0 Å². The standard InChI is InChI=1S/C19H20N2O7/c1-3-28-14-6-7-16(21(25)26)15(11-14)18(22)20-9-8-12-4-5-13(19(23)24)10-17(12)27-2/h4-7,10-11H,3,8-9H2,1-2H3,(H,20,22)(H,23,24). The normalized spacial score (nSPS) is 10.2. The molecule has 0 radical (unpaired) electrons. The summed E-state index contributed by atoms with van der Waals surface area (Å²) in [5.74, 6) is -0.920. The highest BCUT2D eigenvalue weighted by Crippen LogP contribution is 2.24. The Morgan fingerprint density at radius 3 is 2.57 bits per heavy atom. The second kappa shape index (κ2) is 9.36. The van der Waals surface area contributed by atoms with Crippen LogP contribution in [0.5, 0.6) is 11.5 Å². The smallest absolute Gasteiger partial charge is 0.335 e. The highest BCUT2D eigenvalue weighted by molar-refractivity contribution is 5.98. The van der Waals surface area contributed by atoms with Gasteiger partial charge in [-0.05, 0) is 43.2 Å². The van der Waals surface area contributed by atoms with Crippen molar-refractivity contribution in [1.29, 1.82) is 0 Å². The molecule has 0 bridgehead atoms. The van der Waals surface area contributed by atoms with E-state index in [0.29, 0.717) is 30.1 Å². The molecule has 0 atom stereocenters. The molecule has 0 aromatic heterocycles. The first-order chi connectivity index (χ1) is 13.4. The molecule has 9 nitrogen and oxygen atoms in total. The number of nitro groups is 1. The van der Waals surface area contributed by atoms with Crippen LogP contribution in [0.3, 0.4) is 0 Å². The van der Waals surface area contributed by atoms with Crippen LogP contribution in [0.15, 0.2) is 36.4 Å². The van der Waals surface area contributed by atoms with Crippen molar-refractivity contribution in [1.82, 2.24) is 5.32 Å². The highest BCUT2D eigenvalue weighted by atomic mass is 16.6. The summed E-state index contributed by atoms with van der Waals surface area (Å²) in [6, 6.07) is 8.45. The van der Waals surface area contributed by atoms with Crippen molar-refractivity contribution in [2.24, 2.45) is 0 Å². The molecule has 0 spiro atoms. The minimum atomic E-state index is -1.07. The summed E-state index contributed by atoms with van der Waals surface area (Å²) >= 11 is 0. The van der Waals surface area contributed by atoms with Crippen LogP contribution in [0.25, 0.3) is 0 Å². The summed E-state index contributed by atoms with van der Waals surface area (Å²) in [7, 11) is 1.42. The lowest BCUT2D eigenvalue weighted by molar-refractivity contribution is -0.385. The number of ether oxygens (including phenoxy) is 2. The molecule has 0 unspecified atom stereocenters.